The first-order valence-corrected chi connectivity index (χ1v) is 11.4. The summed E-state index contributed by atoms with van der Waals surface area (Å²) in [6, 6.07) is 0. The number of aliphatic hydroxyl groups excluding tert-OH is 1. The minimum atomic E-state index is -1.47. The molecule has 0 radical (unpaired) electrons. The molecule has 0 amide bonds. The molecule has 0 aromatic carbocycles. The fraction of sp³-hybridized carbons (Fsp3) is 0.708. The number of oxime groups is 2. The van der Waals surface area contributed by atoms with E-state index < -0.39 is 23.1 Å². The highest BCUT2D eigenvalue weighted by atomic mass is 16.5. The van der Waals surface area contributed by atoms with Gasteiger partial charge in [-0.2, -0.15) is 0 Å². The van der Waals surface area contributed by atoms with Crippen LogP contribution in [0.1, 0.15) is 53.4 Å². The van der Waals surface area contributed by atoms with Gasteiger partial charge >= 0.3 is 5.97 Å². The largest absolute Gasteiger partial charge is 0.459 e. The van der Waals surface area contributed by atoms with Crippen LogP contribution in [0.25, 0.3) is 0 Å². The maximum atomic E-state index is 11.8. The van der Waals surface area contributed by atoms with Gasteiger partial charge < -0.3 is 25.4 Å². The molecule has 0 heterocycles. The van der Waals surface area contributed by atoms with Crippen molar-refractivity contribution in [1.82, 2.24) is 0 Å². The molecular formula is C24H34N2O6. The summed E-state index contributed by atoms with van der Waals surface area (Å²) in [5.41, 5.74) is -0.834. The molecule has 0 saturated heterocycles. The maximum Gasteiger partial charge on any atom is 0.303 e. The number of nitrogens with zero attached hydrogens (tertiary/aromatic N) is 2. The lowest BCUT2D eigenvalue weighted by Crippen LogP contribution is -2.62. The van der Waals surface area contributed by atoms with Gasteiger partial charge in [0.05, 0.1) is 6.10 Å². The van der Waals surface area contributed by atoms with Gasteiger partial charge in [-0.15, -0.1) is 0 Å². The van der Waals surface area contributed by atoms with Crippen molar-refractivity contribution in [2.24, 2.45) is 44.8 Å². The number of carbonyl (C=O) groups excluding carboxylic acids is 1. The van der Waals surface area contributed by atoms with Crippen molar-refractivity contribution < 1.29 is 30.2 Å². The summed E-state index contributed by atoms with van der Waals surface area (Å²) in [6.07, 6.45) is 7.42. The van der Waals surface area contributed by atoms with Gasteiger partial charge in [0, 0.05) is 23.7 Å². The topological polar surface area (TPSA) is 132 Å². The Morgan fingerprint density at radius 3 is 2.66 bits per heavy atom. The minimum Gasteiger partial charge on any atom is -0.459 e. The highest BCUT2D eigenvalue weighted by Gasteiger charge is 2.68. The number of hydrogen-bond acceptors (Lipinski definition) is 8. The van der Waals surface area contributed by atoms with Crippen molar-refractivity contribution in [3.05, 3.63) is 23.8 Å². The Bertz CT molecular complexity index is 925. The van der Waals surface area contributed by atoms with Crippen LogP contribution in [-0.4, -0.2) is 56.3 Å². The fourth-order valence-electron chi connectivity index (χ4n) is 7.70. The molecule has 8 nitrogen and oxygen atoms in total. The Kier molecular flexibility index (Phi) is 5.53. The number of aliphatic hydroxyl groups is 2. The van der Waals surface area contributed by atoms with E-state index in [1.54, 1.807) is 6.08 Å². The predicted octanol–water partition coefficient (Wildman–Crippen LogP) is 2.90. The molecule has 176 valence electrons. The number of carbonyl (C=O) groups is 1. The molecule has 0 unspecified atom stereocenters. The second-order valence-electron chi connectivity index (χ2n) is 10.6. The summed E-state index contributed by atoms with van der Waals surface area (Å²) < 4.78 is 5.05. The van der Waals surface area contributed by atoms with Crippen LogP contribution in [0.5, 0.6) is 0 Å². The van der Waals surface area contributed by atoms with Gasteiger partial charge in [0.15, 0.2) is 0 Å². The SMILES string of the molecule is CC(=O)OC/C(=N\O)[C@@]1(O)CC[C@H]2[C@@H]3C[C@H](C)C4=C/C(=N/O)C=C[C@]4(C)[C@H]3[C@@H](O)C[C@@]21C. The minimum absolute atomic E-state index is 0.0372. The van der Waals surface area contributed by atoms with Crippen LogP contribution in [0, 0.1) is 34.5 Å². The molecule has 4 N–H and O–H groups in total. The Morgan fingerprint density at radius 1 is 1.31 bits per heavy atom. The highest BCUT2D eigenvalue weighted by molar-refractivity contribution is 6.05. The second kappa shape index (κ2) is 7.70. The van der Waals surface area contributed by atoms with E-state index >= 15 is 0 Å². The lowest BCUT2D eigenvalue weighted by Gasteiger charge is -2.61. The predicted molar refractivity (Wildman–Crippen MR) is 118 cm³/mol. The molecule has 8 heteroatoms. The average molecular weight is 447 g/mol. The van der Waals surface area contributed by atoms with Crippen LogP contribution in [-0.2, 0) is 9.53 Å². The van der Waals surface area contributed by atoms with Gasteiger partial charge in [0.25, 0.3) is 0 Å². The third kappa shape index (κ3) is 3.06. The van der Waals surface area contributed by atoms with Crippen LogP contribution in [0.3, 0.4) is 0 Å². The number of fused-ring (bicyclic) bond motifs is 5. The molecule has 32 heavy (non-hydrogen) atoms. The summed E-state index contributed by atoms with van der Waals surface area (Å²) in [4.78, 5) is 11.3. The van der Waals surface area contributed by atoms with Gasteiger partial charge in [-0.3, -0.25) is 4.79 Å². The molecule has 4 rings (SSSR count). The molecule has 3 fully saturated rings. The van der Waals surface area contributed by atoms with Crippen molar-refractivity contribution in [1.29, 1.82) is 0 Å². The first kappa shape index (κ1) is 23.0. The van der Waals surface area contributed by atoms with Crippen molar-refractivity contribution in [3.8, 4) is 0 Å². The van der Waals surface area contributed by atoms with Crippen LogP contribution in [0.4, 0.5) is 0 Å². The highest BCUT2D eigenvalue weighted by Crippen LogP contribution is 2.67. The van der Waals surface area contributed by atoms with Gasteiger partial charge in [0.2, 0.25) is 0 Å². The van der Waals surface area contributed by atoms with E-state index in [-0.39, 0.29) is 41.4 Å². The molecule has 0 bridgehead atoms. The van der Waals surface area contributed by atoms with Crippen LogP contribution < -0.4 is 0 Å². The molecule has 0 aromatic heterocycles. The molecule has 0 aliphatic heterocycles. The molecular weight excluding hydrogens is 412 g/mol. The molecule has 4 aliphatic rings. The van der Waals surface area contributed by atoms with Crippen LogP contribution in [0.15, 0.2) is 34.1 Å². The van der Waals surface area contributed by atoms with Crippen molar-refractivity contribution in [2.45, 2.75) is 65.1 Å². The van der Waals surface area contributed by atoms with E-state index in [1.807, 2.05) is 13.0 Å². The third-order valence-electron chi connectivity index (χ3n) is 9.11. The van der Waals surface area contributed by atoms with Crippen molar-refractivity contribution in [2.75, 3.05) is 6.61 Å². The lowest BCUT2D eigenvalue weighted by atomic mass is 9.44. The van der Waals surface area contributed by atoms with E-state index in [9.17, 15) is 25.4 Å². The first-order valence-electron chi connectivity index (χ1n) is 11.4. The average Bonchev–Trinajstić information content (AvgIpc) is 2.99. The Balaban J connectivity index is 1.72. The van der Waals surface area contributed by atoms with Crippen molar-refractivity contribution >= 4 is 17.4 Å². The molecule has 0 spiro atoms. The number of hydrogen-bond donors (Lipinski definition) is 4. The van der Waals surface area contributed by atoms with Gasteiger partial charge in [-0.25, -0.2) is 0 Å². The molecule has 8 atom stereocenters. The Morgan fingerprint density at radius 2 is 2.03 bits per heavy atom. The normalized spacial score (nSPS) is 46.8. The van der Waals surface area contributed by atoms with Crippen LogP contribution >= 0.6 is 0 Å². The number of ether oxygens (including phenoxy) is 1. The Labute approximate surface area is 188 Å². The second-order valence-corrected chi connectivity index (χ2v) is 10.6. The monoisotopic (exact) mass is 446 g/mol. The third-order valence-corrected chi connectivity index (χ3v) is 9.11. The fourth-order valence-corrected chi connectivity index (χ4v) is 7.70. The smallest absolute Gasteiger partial charge is 0.303 e. The molecule has 0 aromatic rings. The van der Waals surface area contributed by atoms with E-state index in [1.165, 1.54) is 6.92 Å². The maximum absolute atomic E-state index is 11.8. The summed E-state index contributed by atoms with van der Waals surface area (Å²) in [5.74, 6) is -0.0672. The zero-order valence-electron chi connectivity index (χ0n) is 19.2. The van der Waals surface area contributed by atoms with E-state index in [4.69, 9.17) is 4.74 Å². The zero-order valence-corrected chi connectivity index (χ0v) is 19.2. The standard InChI is InChI=1S/C24H34N2O6/c1-13-9-16-17-6-8-24(29,20(26-31)12-32-14(2)27)23(17,4)11-19(28)21(16)22(3)7-5-15(25-30)10-18(13)22/h5,7,10,13,16-17,19,21,28-31H,6,8-9,11-12H2,1-4H3/b25-15+,26-20+/t13-,16-,17-,19-,21+,22-,23-,24-/m0/s1. The Hall–Kier alpha value is -2.19. The van der Waals surface area contributed by atoms with E-state index in [0.29, 0.717) is 18.6 Å². The number of rotatable bonds is 3. The first-order chi connectivity index (χ1) is 15.0. The summed E-state index contributed by atoms with van der Waals surface area (Å²) in [5, 5.41) is 48.9. The van der Waals surface area contributed by atoms with Crippen LogP contribution in [0.2, 0.25) is 0 Å². The van der Waals surface area contributed by atoms with Gasteiger partial charge in [-0.1, -0.05) is 42.7 Å². The summed E-state index contributed by atoms with van der Waals surface area (Å²) >= 11 is 0. The van der Waals surface area contributed by atoms with E-state index in [0.717, 1.165) is 18.4 Å². The quantitative estimate of drug-likeness (QED) is 0.228. The number of allylic oxidation sites excluding steroid dienone is 4. The van der Waals surface area contributed by atoms with Gasteiger partial charge in [-0.05, 0) is 55.6 Å². The molecule has 4 aliphatic carbocycles. The lowest BCUT2D eigenvalue weighted by molar-refractivity contribution is -0.150. The zero-order chi connectivity index (χ0) is 23.5. The number of esters is 1. The van der Waals surface area contributed by atoms with Crippen molar-refractivity contribution in [3.63, 3.8) is 0 Å². The van der Waals surface area contributed by atoms with Gasteiger partial charge in [0.1, 0.15) is 23.6 Å². The van der Waals surface area contributed by atoms with E-state index in [2.05, 4.69) is 30.2 Å². The summed E-state index contributed by atoms with van der Waals surface area (Å²) in [7, 11) is 0. The molecule has 3 saturated carbocycles. The summed E-state index contributed by atoms with van der Waals surface area (Å²) in [6.45, 7) is 7.27.